The number of fused-ring (bicyclic) bond motifs is 3. The predicted molar refractivity (Wildman–Crippen MR) is 157 cm³/mol. The predicted octanol–water partition coefficient (Wildman–Crippen LogP) is 7.27. The average Bonchev–Trinajstić information content (AvgIpc) is 3.25. The summed E-state index contributed by atoms with van der Waals surface area (Å²) in [5.74, 6) is 1.10. The van der Waals surface area contributed by atoms with Crippen LogP contribution in [0.1, 0.15) is 46.5 Å². The van der Waals surface area contributed by atoms with Crippen LogP contribution in [0, 0.1) is 5.92 Å². The van der Waals surface area contributed by atoms with Gasteiger partial charge in [0.1, 0.15) is 11.9 Å². The first-order valence-electron chi connectivity index (χ1n) is 13.8. The van der Waals surface area contributed by atoms with Crippen LogP contribution in [0.2, 0.25) is 0 Å². The van der Waals surface area contributed by atoms with Crippen molar-refractivity contribution in [3.05, 3.63) is 107 Å². The first kappa shape index (κ1) is 29.5. The lowest BCUT2D eigenvalue weighted by molar-refractivity contribution is 0.0125. The number of rotatable bonds is 14. The Bertz CT molecular complexity index is 1070. The molecule has 0 spiro atoms. The average molecular weight is 520 g/mol. The molecular weight excluding hydrogens is 474 g/mol. The van der Waals surface area contributed by atoms with E-state index in [0.29, 0.717) is 6.61 Å². The van der Waals surface area contributed by atoms with Crippen molar-refractivity contribution in [3.8, 4) is 0 Å². The van der Waals surface area contributed by atoms with Gasteiger partial charge in [-0.05, 0) is 80.6 Å². The highest BCUT2D eigenvalue weighted by molar-refractivity contribution is 5.56. The minimum atomic E-state index is -0.347. The van der Waals surface area contributed by atoms with E-state index in [-0.39, 0.29) is 18.1 Å². The van der Waals surface area contributed by atoms with E-state index in [9.17, 15) is 5.11 Å². The van der Waals surface area contributed by atoms with E-state index in [1.807, 2.05) is 30.4 Å². The number of aliphatic hydroxyl groups excluding tert-OH is 1. The molecule has 4 aliphatic rings. The van der Waals surface area contributed by atoms with Crippen molar-refractivity contribution < 1.29 is 19.3 Å². The van der Waals surface area contributed by atoms with Crippen molar-refractivity contribution in [3.63, 3.8) is 0 Å². The van der Waals surface area contributed by atoms with Crippen molar-refractivity contribution in [1.82, 2.24) is 4.90 Å². The fourth-order valence-electron chi connectivity index (χ4n) is 5.81. The van der Waals surface area contributed by atoms with Crippen LogP contribution >= 0.6 is 0 Å². The topological polar surface area (TPSA) is 51.2 Å². The second-order valence-corrected chi connectivity index (χ2v) is 9.85. The van der Waals surface area contributed by atoms with Gasteiger partial charge in [-0.3, -0.25) is 0 Å². The molecule has 4 rings (SSSR count). The lowest BCUT2D eigenvalue weighted by Crippen LogP contribution is -2.41. The molecule has 3 aliphatic carbocycles. The first-order valence-corrected chi connectivity index (χ1v) is 13.8. The molecule has 5 heteroatoms. The molecule has 206 valence electrons. The van der Waals surface area contributed by atoms with Crippen molar-refractivity contribution >= 4 is 0 Å². The van der Waals surface area contributed by atoms with Gasteiger partial charge in [0.15, 0.2) is 0 Å². The Morgan fingerprint density at radius 3 is 2.63 bits per heavy atom. The Hall–Kier alpha value is -3.02. The van der Waals surface area contributed by atoms with Gasteiger partial charge in [0.25, 0.3) is 0 Å². The number of ether oxygens (including phenoxy) is 3. The molecule has 2 bridgehead atoms. The van der Waals surface area contributed by atoms with Gasteiger partial charge in [0.05, 0.1) is 32.3 Å². The standard InChI is InChI=1S/C33H45NO4/c1-7-18-34(10-4)19-22-37-21-13-16-26(9-3)32-30(25(8-2)15-12-20-35)24(5)31-27-14-11-17-28(33(31)38-32)29(23-27)36-6/h8-9,12-13,15-16,20-21,23,31-33,35H,2-3,7,10-11,14,17-19,22H2,1,4-6H3/b20-12+,21-13+,25-15+,26-16+/t31?,32-,33?/m0/s1. The maximum atomic E-state index is 9.34. The summed E-state index contributed by atoms with van der Waals surface area (Å²) in [4.78, 5) is 2.38. The lowest BCUT2D eigenvalue weighted by atomic mass is 9.73. The number of hydrogen-bond acceptors (Lipinski definition) is 5. The highest BCUT2D eigenvalue weighted by Crippen LogP contribution is 2.50. The Balaban J connectivity index is 1.95. The van der Waals surface area contributed by atoms with Gasteiger partial charge in [0.2, 0.25) is 0 Å². The normalized spacial score (nSPS) is 24.2. The Kier molecular flexibility index (Phi) is 11.5. The molecule has 0 saturated heterocycles. The molecule has 3 atom stereocenters. The second kappa shape index (κ2) is 14.8. The van der Waals surface area contributed by atoms with Crippen molar-refractivity contribution in [1.29, 1.82) is 0 Å². The van der Waals surface area contributed by atoms with Gasteiger partial charge in [-0.15, -0.1) is 0 Å². The number of aliphatic hydroxyl groups is 1. The quantitative estimate of drug-likeness (QED) is 0.149. The van der Waals surface area contributed by atoms with Crippen LogP contribution in [0.15, 0.2) is 107 Å². The lowest BCUT2D eigenvalue weighted by Gasteiger charge is -2.43. The van der Waals surface area contributed by atoms with Crippen LogP contribution < -0.4 is 0 Å². The van der Waals surface area contributed by atoms with Crippen molar-refractivity contribution in [2.24, 2.45) is 5.92 Å². The molecule has 0 radical (unpaired) electrons. The third kappa shape index (κ3) is 6.69. The summed E-state index contributed by atoms with van der Waals surface area (Å²) >= 11 is 0. The van der Waals surface area contributed by atoms with Crippen LogP contribution in [-0.4, -0.2) is 55.6 Å². The molecule has 0 aromatic heterocycles. The highest BCUT2D eigenvalue weighted by atomic mass is 16.5. The minimum Gasteiger partial charge on any atom is -0.516 e. The summed E-state index contributed by atoms with van der Waals surface area (Å²) < 4.78 is 18.5. The smallest absolute Gasteiger partial charge is 0.120 e. The van der Waals surface area contributed by atoms with Gasteiger partial charge in [-0.1, -0.05) is 62.5 Å². The van der Waals surface area contributed by atoms with E-state index in [2.05, 4.69) is 44.9 Å². The van der Waals surface area contributed by atoms with Crippen LogP contribution in [-0.2, 0) is 14.2 Å². The largest absolute Gasteiger partial charge is 0.516 e. The van der Waals surface area contributed by atoms with E-state index in [1.165, 1.54) is 16.7 Å². The SMILES string of the molecule is C=C/C(=C\C=C\O)C1=C(C)C2C3=CC(OC)=C(CCC3)C2O[C@H]1/C(C=C)=C/C=C/OCCN(CC)CCC. The van der Waals surface area contributed by atoms with E-state index in [1.54, 1.807) is 19.4 Å². The highest BCUT2D eigenvalue weighted by Gasteiger charge is 2.44. The molecular formula is C33H45NO4. The molecule has 1 N–H and O–H groups in total. The number of nitrogens with zero attached hydrogens (tertiary/aromatic N) is 1. The molecule has 1 heterocycles. The first-order chi connectivity index (χ1) is 18.5. The van der Waals surface area contributed by atoms with Gasteiger partial charge in [-0.25, -0.2) is 0 Å². The van der Waals surface area contributed by atoms with Crippen molar-refractivity contribution in [2.45, 2.75) is 58.7 Å². The molecule has 0 aromatic rings. The Labute approximate surface area is 229 Å². The van der Waals surface area contributed by atoms with Crippen LogP contribution in [0.25, 0.3) is 0 Å². The summed E-state index contributed by atoms with van der Waals surface area (Å²) in [6.07, 6.45) is 19.9. The number of likely N-dealkylation sites (N-methyl/N-ethyl adjacent to an activating group) is 1. The fraction of sp³-hybridized carbons (Fsp3) is 0.455. The summed E-state index contributed by atoms with van der Waals surface area (Å²) in [5.41, 5.74) is 6.76. The van der Waals surface area contributed by atoms with Gasteiger partial charge in [-0.2, -0.15) is 0 Å². The molecule has 38 heavy (non-hydrogen) atoms. The maximum Gasteiger partial charge on any atom is 0.120 e. The molecule has 5 nitrogen and oxygen atoms in total. The van der Waals surface area contributed by atoms with Crippen LogP contribution in [0.4, 0.5) is 0 Å². The Morgan fingerprint density at radius 2 is 1.97 bits per heavy atom. The third-order valence-corrected chi connectivity index (χ3v) is 7.65. The molecule has 1 saturated carbocycles. The maximum absolute atomic E-state index is 9.34. The molecule has 1 aliphatic heterocycles. The van der Waals surface area contributed by atoms with Crippen LogP contribution in [0.3, 0.4) is 0 Å². The monoisotopic (exact) mass is 519 g/mol. The number of methoxy groups -OCH3 is 1. The van der Waals surface area contributed by atoms with Gasteiger partial charge in [0, 0.05) is 18.0 Å². The third-order valence-electron chi connectivity index (χ3n) is 7.65. The Morgan fingerprint density at radius 1 is 1.16 bits per heavy atom. The zero-order valence-electron chi connectivity index (χ0n) is 23.6. The van der Waals surface area contributed by atoms with Crippen LogP contribution in [0.5, 0.6) is 0 Å². The van der Waals surface area contributed by atoms with E-state index in [4.69, 9.17) is 14.2 Å². The van der Waals surface area contributed by atoms with Crippen molar-refractivity contribution in [2.75, 3.05) is 33.4 Å². The summed E-state index contributed by atoms with van der Waals surface area (Å²) in [7, 11) is 1.74. The number of allylic oxidation sites excluding steroid dienone is 6. The van der Waals surface area contributed by atoms with Gasteiger partial charge >= 0.3 is 0 Å². The molecule has 0 aromatic carbocycles. The zero-order chi connectivity index (χ0) is 27.5. The second-order valence-electron chi connectivity index (χ2n) is 9.85. The number of hydrogen-bond donors (Lipinski definition) is 1. The summed E-state index contributed by atoms with van der Waals surface area (Å²) in [6.45, 7) is 18.4. The molecule has 1 fully saturated rings. The van der Waals surface area contributed by atoms with Gasteiger partial charge < -0.3 is 24.2 Å². The van der Waals surface area contributed by atoms with E-state index < -0.39 is 0 Å². The summed E-state index contributed by atoms with van der Waals surface area (Å²) in [5, 5.41) is 9.34. The molecule has 0 amide bonds. The fourth-order valence-corrected chi connectivity index (χ4v) is 5.81. The van der Waals surface area contributed by atoms with E-state index >= 15 is 0 Å². The minimum absolute atomic E-state index is 0.0807. The zero-order valence-corrected chi connectivity index (χ0v) is 23.6. The molecule has 2 unspecified atom stereocenters. The van der Waals surface area contributed by atoms with E-state index in [0.717, 1.165) is 74.1 Å². The summed E-state index contributed by atoms with van der Waals surface area (Å²) in [6, 6.07) is 0.